The van der Waals surface area contributed by atoms with Crippen molar-refractivity contribution >= 4 is 5.97 Å². The fraction of sp³-hybridized carbons (Fsp3) is 0.533. The molecule has 0 spiro atoms. The lowest BCUT2D eigenvalue weighted by Gasteiger charge is -2.33. The summed E-state index contributed by atoms with van der Waals surface area (Å²) in [6.07, 6.45) is 2.83. The van der Waals surface area contributed by atoms with Gasteiger partial charge in [0.1, 0.15) is 11.8 Å². The molecule has 0 aliphatic carbocycles. The molecule has 1 aliphatic rings. The second-order valence-electron chi connectivity index (χ2n) is 5.18. The number of aryl methyl sites for hydroxylation is 1. The van der Waals surface area contributed by atoms with Crippen LogP contribution in [0, 0.1) is 6.92 Å². The van der Waals surface area contributed by atoms with Crippen molar-refractivity contribution in [1.82, 2.24) is 4.90 Å². The van der Waals surface area contributed by atoms with Crippen molar-refractivity contribution in [3.05, 3.63) is 29.3 Å². The summed E-state index contributed by atoms with van der Waals surface area (Å²) in [4.78, 5) is 13.3. The van der Waals surface area contributed by atoms with Gasteiger partial charge in [-0.3, -0.25) is 9.69 Å². The van der Waals surface area contributed by atoms with Crippen molar-refractivity contribution in [3.63, 3.8) is 0 Å². The first-order valence-electron chi connectivity index (χ1n) is 6.71. The number of rotatable bonds is 4. The fourth-order valence-electron chi connectivity index (χ4n) is 2.73. The second kappa shape index (κ2) is 6.06. The van der Waals surface area contributed by atoms with E-state index < -0.39 is 5.97 Å². The van der Waals surface area contributed by atoms with Crippen molar-refractivity contribution in [2.24, 2.45) is 0 Å². The molecule has 2 rings (SSSR count). The Labute approximate surface area is 114 Å². The Hall–Kier alpha value is -1.55. The highest BCUT2D eigenvalue weighted by molar-refractivity contribution is 5.73. The largest absolute Gasteiger partial charge is 0.497 e. The van der Waals surface area contributed by atoms with Gasteiger partial charge in [-0.1, -0.05) is 12.5 Å². The van der Waals surface area contributed by atoms with Gasteiger partial charge >= 0.3 is 5.97 Å². The summed E-state index contributed by atoms with van der Waals surface area (Å²) in [6, 6.07) is 5.71. The maximum Gasteiger partial charge on any atom is 0.320 e. The number of benzene rings is 1. The lowest BCUT2D eigenvalue weighted by atomic mass is 10.0. The molecular formula is C15H21NO3. The molecule has 0 saturated carbocycles. The van der Waals surface area contributed by atoms with Gasteiger partial charge in [0, 0.05) is 6.54 Å². The molecule has 0 radical (unpaired) electrons. The normalized spacial score (nSPS) is 20.2. The first-order chi connectivity index (χ1) is 9.10. The molecule has 1 aromatic rings. The third kappa shape index (κ3) is 3.47. The Kier molecular flexibility index (Phi) is 4.43. The molecule has 104 valence electrons. The van der Waals surface area contributed by atoms with Gasteiger partial charge < -0.3 is 9.84 Å². The molecule has 1 aliphatic heterocycles. The van der Waals surface area contributed by atoms with E-state index in [1.807, 2.05) is 19.1 Å². The lowest BCUT2D eigenvalue weighted by molar-refractivity contribution is -0.144. The molecule has 1 aromatic carbocycles. The van der Waals surface area contributed by atoms with Crippen LogP contribution in [-0.2, 0) is 11.3 Å². The molecule has 1 unspecified atom stereocenters. The zero-order valence-electron chi connectivity index (χ0n) is 11.6. The van der Waals surface area contributed by atoms with E-state index in [-0.39, 0.29) is 6.04 Å². The van der Waals surface area contributed by atoms with Crippen LogP contribution in [0.1, 0.15) is 30.4 Å². The highest BCUT2D eigenvalue weighted by Gasteiger charge is 2.28. The summed E-state index contributed by atoms with van der Waals surface area (Å²) in [5, 5.41) is 9.28. The van der Waals surface area contributed by atoms with E-state index in [4.69, 9.17) is 4.74 Å². The van der Waals surface area contributed by atoms with E-state index in [2.05, 4.69) is 11.0 Å². The number of hydrogen-bond donors (Lipinski definition) is 1. The zero-order valence-corrected chi connectivity index (χ0v) is 11.6. The van der Waals surface area contributed by atoms with E-state index in [1.165, 1.54) is 0 Å². The van der Waals surface area contributed by atoms with Crippen molar-refractivity contribution in [3.8, 4) is 5.75 Å². The first kappa shape index (κ1) is 13.9. The minimum absolute atomic E-state index is 0.347. The van der Waals surface area contributed by atoms with Gasteiger partial charge in [-0.2, -0.15) is 0 Å². The Morgan fingerprint density at radius 1 is 1.42 bits per heavy atom. The number of nitrogens with zero attached hydrogens (tertiary/aromatic N) is 1. The number of carboxylic acid groups (broad SMARTS) is 1. The standard InChI is InChI=1S/C15H21NO3/c1-11-7-12(9-13(8-11)19-2)10-16-6-4-3-5-14(16)15(17)18/h7-9,14H,3-6,10H2,1-2H3,(H,17,18). The second-order valence-corrected chi connectivity index (χ2v) is 5.18. The minimum Gasteiger partial charge on any atom is -0.497 e. The Bertz CT molecular complexity index is 459. The van der Waals surface area contributed by atoms with Crippen molar-refractivity contribution in [2.45, 2.75) is 38.8 Å². The average molecular weight is 263 g/mol. The number of hydrogen-bond acceptors (Lipinski definition) is 3. The number of piperidine rings is 1. The smallest absolute Gasteiger partial charge is 0.320 e. The van der Waals surface area contributed by atoms with Crippen LogP contribution in [0.3, 0.4) is 0 Å². The summed E-state index contributed by atoms with van der Waals surface area (Å²) in [7, 11) is 1.65. The van der Waals surface area contributed by atoms with Crippen LogP contribution in [-0.4, -0.2) is 35.7 Å². The molecule has 0 aromatic heterocycles. The van der Waals surface area contributed by atoms with Crippen LogP contribution >= 0.6 is 0 Å². The Morgan fingerprint density at radius 2 is 2.21 bits per heavy atom. The number of methoxy groups -OCH3 is 1. The highest BCUT2D eigenvalue weighted by Crippen LogP contribution is 2.22. The van der Waals surface area contributed by atoms with Gasteiger partial charge in [0.05, 0.1) is 7.11 Å². The Morgan fingerprint density at radius 3 is 2.89 bits per heavy atom. The van der Waals surface area contributed by atoms with E-state index in [0.717, 1.165) is 42.7 Å². The fourth-order valence-corrected chi connectivity index (χ4v) is 2.73. The molecule has 1 fully saturated rings. The Balaban J connectivity index is 2.14. The topological polar surface area (TPSA) is 49.8 Å². The van der Waals surface area contributed by atoms with E-state index >= 15 is 0 Å². The van der Waals surface area contributed by atoms with Crippen LogP contribution in [0.25, 0.3) is 0 Å². The minimum atomic E-state index is -0.709. The summed E-state index contributed by atoms with van der Waals surface area (Å²) in [6.45, 7) is 3.55. The predicted octanol–water partition coefficient (Wildman–Crippen LogP) is 2.44. The van der Waals surface area contributed by atoms with Crippen LogP contribution in [0.5, 0.6) is 5.75 Å². The van der Waals surface area contributed by atoms with E-state index in [0.29, 0.717) is 6.54 Å². The van der Waals surface area contributed by atoms with E-state index in [9.17, 15) is 9.90 Å². The summed E-state index contributed by atoms with van der Waals surface area (Å²) in [5.74, 6) is 0.123. The number of carbonyl (C=O) groups is 1. The third-order valence-electron chi connectivity index (χ3n) is 3.63. The molecule has 0 bridgehead atoms. The summed E-state index contributed by atoms with van der Waals surface area (Å²) in [5.41, 5.74) is 2.25. The molecular weight excluding hydrogens is 242 g/mol. The van der Waals surface area contributed by atoms with Crippen molar-refractivity contribution < 1.29 is 14.6 Å². The molecule has 4 nitrogen and oxygen atoms in total. The van der Waals surface area contributed by atoms with Gasteiger partial charge in [0.15, 0.2) is 0 Å². The van der Waals surface area contributed by atoms with Crippen LogP contribution in [0.4, 0.5) is 0 Å². The molecule has 1 N–H and O–H groups in total. The molecule has 0 amide bonds. The van der Waals surface area contributed by atoms with Crippen molar-refractivity contribution in [1.29, 1.82) is 0 Å². The van der Waals surface area contributed by atoms with Gasteiger partial charge in [0.2, 0.25) is 0 Å². The van der Waals surface area contributed by atoms with Gasteiger partial charge in [-0.25, -0.2) is 0 Å². The lowest BCUT2D eigenvalue weighted by Crippen LogP contribution is -2.44. The van der Waals surface area contributed by atoms with Gasteiger partial charge in [-0.15, -0.1) is 0 Å². The SMILES string of the molecule is COc1cc(C)cc(CN2CCCCC2C(=O)O)c1. The monoisotopic (exact) mass is 263 g/mol. The predicted molar refractivity (Wildman–Crippen MR) is 73.4 cm³/mol. The van der Waals surface area contributed by atoms with Crippen LogP contribution in [0.2, 0.25) is 0 Å². The quantitative estimate of drug-likeness (QED) is 0.906. The molecule has 4 heteroatoms. The number of ether oxygens (including phenoxy) is 1. The molecule has 1 heterocycles. The van der Waals surface area contributed by atoms with Gasteiger partial charge in [-0.05, 0) is 49.6 Å². The van der Waals surface area contributed by atoms with Gasteiger partial charge in [0.25, 0.3) is 0 Å². The molecule has 1 atom stereocenters. The zero-order chi connectivity index (χ0) is 13.8. The molecule has 1 saturated heterocycles. The third-order valence-corrected chi connectivity index (χ3v) is 3.63. The number of likely N-dealkylation sites (tertiary alicyclic amines) is 1. The maximum atomic E-state index is 11.3. The molecule has 19 heavy (non-hydrogen) atoms. The average Bonchev–Trinajstić information content (AvgIpc) is 2.38. The summed E-state index contributed by atoms with van der Waals surface area (Å²) < 4.78 is 5.26. The number of carboxylic acids is 1. The van der Waals surface area contributed by atoms with Crippen LogP contribution < -0.4 is 4.74 Å². The first-order valence-corrected chi connectivity index (χ1v) is 6.71. The van der Waals surface area contributed by atoms with Crippen LogP contribution in [0.15, 0.2) is 18.2 Å². The summed E-state index contributed by atoms with van der Waals surface area (Å²) >= 11 is 0. The maximum absolute atomic E-state index is 11.3. The van der Waals surface area contributed by atoms with E-state index in [1.54, 1.807) is 7.11 Å². The highest BCUT2D eigenvalue weighted by atomic mass is 16.5. The number of aliphatic carboxylic acids is 1. The van der Waals surface area contributed by atoms with Crippen molar-refractivity contribution in [2.75, 3.05) is 13.7 Å².